The summed E-state index contributed by atoms with van der Waals surface area (Å²) in [5.41, 5.74) is 1.17. The van der Waals surface area contributed by atoms with Gasteiger partial charge in [-0.05, 0) is 25.8 Å². The first-order valence-electron chi connectivity index (χ1n) is 5.39. The van der Waals surface area contributed by atoms with Crippen LogP contribution in [0.2, 0.25) is 0 Å². The summed E-state index contributed by atoms with van der Waals surface area (Å²) in [6.07, 6.45) is 4.01. The number of hydrogen-bond acceptors (Lipinski definition) is 2. The minimum Gasteiger partial charge on any atom is -0.375 e. The molecule has 0 amide bonds. The van der Waals surface area contributed by atoms with Crippen LogP contribution in [0.5, 0.6) is 0 Å². The molecule has 0 aromatic carbocycles. The molecule has 1 aromatic heterocycles. The van der Waals surface area contributed by atoms with Crippen molar-refractivity contribution in [3.05, 3.63) is 18.0 Å². The quantitative estimate of drug-likeness (QED) is 0.654. The predicted molar refractivity (Wildman–Crippen MR) is 57.2 cm³/mol. The molecule has 14 heavy (non-hydrogen) atoms. The molecule has 0 spiro atoms. The zero-order chi connectivity index (χ0) is 10.4. The first-order chi connectivity index (χ1) is 6.79. The van der Waals surface area contributed by atoms with Crippen molar-refractivity contribution in [3.63, 3.8) is 0 Å². The lowest BCUT2D eigenvalue weighted by Gasteiger charge is -2.13. The van der Waals surface area contributed by atoms with Gasteiger partial charge in [0.05, 0.1) is 12.3 Å². The Hall–Kier alpha value is -0.830. The summed E-state index contributed by atoms with van der Waals surface area (Å²) in [6.45, 7) is 7.97. The average molecular weight is 196 g/mol. The van der Waals surface area contributed by atoms with Crippen molar-refractivity contribution in [2.45, 2.75) is 46.3 Å². The molecule has 1 atom stereocenters. The van der Waals surface area contributed by atoms with Crippen molar-refractivity contribution < 1.29 is 4.74 Å². The number of hydrogen-bond donors (Lipinski definition) is 0. The third-order valence-corrected chi connectivity index (χ3v) is 2.36. The Morgan fingerprint density at radius 2 is 2.29 bits per heavy atom. The smallest absolute Gasteiger partial charge is 0.0884 e. The molecule has 0 radical (unpaired) electrons. The summed E-state index contributed by atoms with van der Waals surface area (Å²) in [6, 6.07) is 2.49. The number of nitrogens with zero attached hydrogens (tertiary/aromatic N) is 2. The lowest BCUT2D eigenvalue weighted by Crippen LogP contribution is -2.10. The second-order valence-corrected chi connectivity index (χ2v) is 3.58. The molecule has 0 aliphatic rings. The Labute approximate surface area is 86.1 Å². The van der Waals surface area contributed by atoms with E-state index in [-0.39, 0.29) is 0 Å². The SMILES string of the molecule is CCCOCc1ccnn1[C@@H](C)CC. The van der Waals surface area contributed by atoms with Crippen molar-refractivity contribution >= 4 is 0 Å². The lowest BCUT2D eigenvalue weighted by molar-refractivity contribution is 0.114. The standard InChI is InChI=1S/C11H20N2O/c1-4-8-14-9-11-6-7-12-13(11)10(3)5-2/h6-7,10H,4-5,8-9H2,1-3H3/t10-/m0/s1. The number of ether oxygens (including phenoxy) is 1. The lowest BCUT2D eigenvalue weighted by atomic mass is 10.2. The van der Waals surface area contributed by atoms with Gasteiger partial charge in [-0.1, -0.05) is 13.8 Å². The second-order valence-electron chi connectivity index (χ2n) is 3.58. The Balaban J connectivity index is 2.53. The molecule has 3 nitrogen and oxygen atoms in total. The molecule has 0 saturated heterocycles. The fourth-order valence-corrected chi connectivity index (χ4v) is 1.35. The second kappa shape index (κ2) is 5.81. The molecule has 1 aromatic rings. The van der Waals surface area contributed by atoms with E-state index < -0.39 is 0 Å². The molecule has 0 bridgehead atoms. The van der Waals surface area contributed by atoms with Gasteiger partial charge in [0.25, 0.3) is 0 Å². The molecule has 0 aliphatic carbocycles. The van der Waals surface area contributed by atoms with E-state index in [1.807, 2.05) is 12.3 Å². The van der Waals surface area contributed by atoms with Crippen LogP contribution in [0, 0.1) is 0 Å². The van der Waals surface area contributed by atoms with E-state index in [9.17, 15) is 0 Å². The first-order valence-corrected chi connectivity index (χ1v) is 5.39. The molecule has 0 fully saturated rings. The van der Waals surface area contributed by atoms with Crippen molar-refractivity contribution in [2.75, 3.05) is 6.61 Å². The Morgan fingerprint density at radius 3 is 2.93 bits per heavy atom. The fourth-order valence-electron chi connectivity index (χ4n) is 1.35. The highest BCUT2D eigenvalue weighted by Crippen LogP contribution is 2.12. The van der Waals surface area contributed by atoms with Crippen LogP contribution in [-0.4, -0.2) is 16.4 Å². The predicted octanol–water partition coefficient (Wildman–Crippen LogP) is 2.78. The van der Waals surface area contributed by atoms with Crippen LogP contribution < -0.4 is 0 Å². The minimum atomic E-state index is 0.463. The molecule has 0 unspecified atom stereocenters. The normalized spacial score (nSPS) is 13.1. The summed E-state index contributed by atoms with van der Waals surface area (Å²) in [5, 5.41) is 4.30. The highest BCUT2D eigenvalue weighted by molar-refractivity contribution is 5.00. The van der Waals surface area contributed by atoms with Crippen LogP contribution in [-0.2, 0) is 11.3 Å². The number of rotatable bonds is 6. The van der Waals surface area contributed by atoms with E-state index in [0.717, 1.165) is 19.4 Å². The zero-order valence-electron chi connectivity index (χ0n) is 9.36. The van der Waals surface area contributed by atoms with Gasteiger partial charge in [-0.25, -0.2) is 0 Å². The molecule has 3 heteroatoms. The highest BCUT2D eigenvalue weighted by Gasteiger charge is 2.07. The summed E-state index contributed by atoms with van der Waals surface area (Å²) in [5.74, 6) is 0. The van der Waals surface area contributed by atoms with Crippen molar-refractivity contribution in [1.29, 1.82) is 0 Å². The molecule has 1 heterocycles. The van der Waals surface area contributed by atoms with Gasteiger partial charge < -0.3 is 4.74 Å². The van der Waals surface area contributed by atoms with E-state index in [4.69, 9.17) is 4.74 Å². The van der Waals surface area contributed by atoms with Crippen LogP contribution in [0.4, 0.5) is 0 Å². The Kier molecular flexibility index (Phi) is 4.66. The molecule has 0 aliphatic heterocycles. The monoisotopic (exact) mass is 196 g/mol. The topological polar surface area (TPSA) is 27.1 Å². The van der Waals surface area contributed by atoms with Gasteiger partial charge in [0, 0.05) is 18.8 Å². The van der Waals surface area contributed by atoms with Gasteiger partial charge in [0.1, 0.15) is 0 Å². The molecule has 80 valence electrons. The fraction of sp³-hybridized carbons (Fsp3) is 0.727. The molecule has 1 rings (SSSR count). The zero-order valence-corrected chi connectivity index (χ0v) is 9.36. The van der Waals surface area contributed by atoms with Crippen LogP contribution in [0.1, 0.15) is 45.3 Å². The first kappa shape index (κ1) is 11.2. The van der Waals surface area contributed by atoms with Gasteiger partial charge in [-0.15, -0.1) is 0 Å². The van der Waals surface area contributed by atoms with Crippen molar-refractivity contribution in [3.8, 4) is 0 Å². The number of aromatic nitrogens is 2. The summed E-state index contributed by atoms with van der Waals surface area (Å²) in [7, 11) is 0. The van der Waals surface area contributed by atoms with Crippen molar-refractivity contribution in [1.82, 2.24) is 9.78 Å². The highest BCUT2D eigenvalue weighted by atomic mass is 16.5. The van der Waals surface area contributed by atoms with Gasteiger partial charge in [0.15, 0.2) is 0 Å². The maximum atomic E-state index is 5.50. The van der Waals surface area contributed by atoms with Crippen LogP contribution in [0.3, 0.4) is 0 Å². The maximum absolute atomic E-state index is 5.50. The average Bonchev–Trinajstić information content (AvgIpc) is 2.65. The third-order valence-electron chi connectivity index (χ3n) is 2.36. The molecular weight excluding hydrogens is 176 g/mol. The van der Waals surface area contributed by atoms with Gasteiger partial charge >= 0.3 is 0 Å². The van der Waals surface area contributed by atoms with Crippen LogP contribution in [0.25, 0.3) is 0 Å². The van der Waals surface area contributed by atoms with E-state index in [2.05, 4.69) is 30.6 Å². The van der Waals surface area contributed by atoms with Gasteiger partial charge in [0.2, 0.25) is 0 Å². The maximum Gasteiger partial charge on any atom is 0.0884 e. The van der Waals surface area contributed by atoms with Gasteiger partial charge in [-0.3, -0.25) is 4.68 Å². The van der Waals surface area contributed by atoms with E-state index in [1.54, 1.807) is 0 Å². The Morgan fingerprint density at radius 1 is 1.50 bits per heavy atom. The summed E-state index contributed by atoms with van der Waals surface area (Å²) in [4.78, 5) is 0. The van der Waals surface area contributed by atoms with Gasteiger partial charge in [-0.2, -0.15) is 5.10 Å². The third kappa shape index (κ3) is 2.84. The van der Waals surface area contributed by atoms with Crippen LogP contribution in [0.15, 0.2) is 12.3 Å². The van der Waals surface area contributed by atoms with E-state index >= 15 is 0 Å². The summed E-state index contributed by atoms with van der Waals surface area (Å²) < 4.78 is 7.55. The minimum absolute atomic E-state index is 0.463. The van der Waals surface area contributed by atoms with E-state index in [0.29, 0.717) is 12.6 Å². The summed E-state index contributed by atoms with van der Waals surface area (Å²) >= 11 is 0. The molecule has 0 saturated carbocycles. The Bertz CT molecular complexity index is 258. The van der Waals surface area contributed by atoms with Crippen LogP contribution >= 0.6 is 0 Å². The van der Waals surface area contributed by atoms with Crippen molar-refractivity contribution in [2.24, 2.45) is 0 Å². The largest absolute Gasteiger partial charge is 0.375 e. The van der Waals surface area contributed by atoms with E-state index in [1.165, 1.54) is 5.69 Å². The molecular formula is C11H20N2O. The molecule has 0 N–H and O–H groups in total.